The molecular formula is C16H17BrFNO. The molecule has 0 saturated carbocycles. The van der Waals surface area contributed by atoms with E-state index in [4.69, 9.17) is 4.74 Å². The summed E-state index contributed by atoms with van der Waals surface area (Å²) in [5.41, 5.74) is 1.00. The largest absolute Gasteiger partial charge is 0.454 e. The second-order valence-electron chi connectivity index (χ2n) is 4.82. The molecule has 0 aliphatic heterocycles. The summed E-state index contributed by atoms with van der Waals surface area (Å²) in [6, 6.07) is 12.7. The molecule has 0 aliphatic rings. The van der Waals surface area contributed by atoms with Crippen LogP contribution in [0.4, 0.5) is 4.39 Å². The van der Waals surface area contributed by atoms with Gasteiger partial charge in [0.25, 0.3) is 0 Å². The molecule has 1 N–H and O–H groups in total. The minimum atomic E-state index is -0.375. The van der Waals surface area contributed by atoms with Gasteiger partial charge >= 0.3 is 0 Å². The Balaban J connectivity index is 2.22. The third-order valence-electron chi connectivity index (χ3n) is 2.79. The van der Waals surface area contributed by atoms with Gasteiger partial charge in [-0.15, -0.1) is 0 Å². The van der Waals surface area contributed by atoms with E-state index in [0.717, 1.165) is 10.0 Å². The molecular weight excluding hydrogens is 321 g/mol. The maximum absolute atomic E-state index is 13.7. The molecule has 0 aromatic heterocycles. The van der Waals surface area contributed by atoms with Crippen LogP contribution in [0.15, 0.2) is 46.9 Å². The predicted molar refractivity (Wildman–Crippen MR) is 82.6 cm³/mol. The Labute approximate surface area is 127 Å². The minimum Gasteiger partial charge on any atom is -0.454 e. The van der Waals surface area contributed by atoms with Crippen molar-refractivity contribution in [1.82, 2.24) is 5.32 Å². The van der Waals surface area contributed by atoms with E-state index in [1.807, 2.05) is 24.3 Å². The first kappa shape index (κ1) is 15.0. The molecule has 0 unspecified atom stereocenters. The zero-order valence-corrected chi connectivity index (χ0v) is 13.1. The number of ether oxygens (including phenoxy) is 1. The Morgan fingerprint density at radius 1 is 1.15 bits per heavy atom. The molecule has 0 spiro atoms. The van der Waals surface area contributed by atoms with Crippen LogP contribution in [-0.2, 0) is 6.54 Å². The molecule has 2 nitrogen and oxygen atoms in total. The lowest BCUT2D eigenvalue weighted by atomic mass is 10.2. The summed E-state index contributed by atoms with van der Waals surface area (Å²) in [4.78, 5) is 0. The zero-order valence-electron chi connectivity index (χ0n) is 11.5. The molecule has 2 aromatic rings. The molecule has 4 heteroatoms. The topological polar surface area (TPSA) is 21.3 Å². The number of hydrogen-bond acceptors (Lipinski definition) is 2. The molecule has 0 fully saturated rings. The van der Waals surface area contributed by atoms with Crippen molar-refractivity contribution in [1.29, 1.82) is 0 Å². The van der Waals surface area contributed by atoms with Gasteiger partial charge in [-0.2, -0.15) is 0 Å². The van der Waals surface area contributed by atoms with Gasteiger partial charge in [0.2, 0.25) is 0 Å². The SMILES string of the molecule is CC(C)NCc1ccccc1Oc1cc(Br)ccc1F. The number of hydrogen-bond donors (Lipinski definition) is 1. The van der Waals surface area contributed by atoms with Crippen LogP contribution < -0.4 is 10.1 Å². The van der Waals surface area contributed by atoms with E-state index >= 15 is 0 Å². The number of halogens is 2. The predicted octanol–water partition coefficient (Wildman–Crippen LogP) is 4.88. The number of rotatable bonds is 5. The van der Waals surface area contributed by atoms with Crippen LogP contribution in [0.2, 0.25) is 0 Å². The van der Waals surface area contributed by atoms with E-state index in [1.165, 1.54) is 6.07 Å². The molecule has 0 atom stereocenters. The number of nitrogens with one attached hydrogen (secondary N) is 1. The van der Waals surface area contributed by atoms with Crippen molar-refractivity contribution in [2.24, 2.45) is 0 Å². The fourth-order valence-electron chi connectivity index (χ4n) is 1.74. The quantitative estimate of drug-likeness (QED) is 0.839. The van der Waals surface area contributed by atoms with Crippen LogP contribution in [0.5, 0.6) is 11.5 Å². The van der Waals surface area contributed by atoms with Crippen molar-refractivity contribution in [2.45, 2.75) is 26.4 Å². The molecule has 0 aliphatic carbocycles. The van der Waals surface area contributed by atoms with E-state index in [1.54, 1.807) is 12.1 Å². The molecule has 0 saturated heterocycles. The van der Waals surface area contributed by atoms with E-state index in [0.29, 0.717) is 18.3 Å². The van der Waals surface area contributed by atoms with Gasteiger partial charge in [0.1, 0.15) is 5.75 Å². The molecule has 0 heterocycles. The summed E-state index contributed by atoms with van der Waals surface area (Å²) in [6.45, 7) is 4.85. The lowest BCUT2D eigenvalue weighted by Gasteiger charge is -2.14. The minimum absolute atomic E-state index is 0.219. The highest BCUT2D eigenvalue weighted by atomic mass is 79.9. The van der Waals surface area contributed by atoms with Crippen molar-refractivity contribution in [3.8, 4) is 11.5 Å². The number of benzene rings is 2. The second kappa shape index (κ2) is 6.86. The van der Waals surface area contributed by atoms with Gasteiger partial charge in [-0.25, -0.2) is 4.39 Å². The van der Waals surface area contributed by atoms with Gasteiger partial charge in [-0.1, -0.05) is 48.0 Å². The molecule has 0 amide bonds. The third kappa shape index (κ3) is 4.05. The van der Waals surface area contributed by atoms with Crippen molar-refractivity contribution in [2.75, 3.05) is 0 Å². The highest BCUT2D eigenvalue weighted by Gasteiger charge is 2.09. The smallest absolute Gasteiger partial charge is 0.165 e. The van der Waals surface area contributed by atoms with Gasteiger partial charge in [-0.05, 0) is 24.3 Å². The Kier molecular flexibility index (Phi) is 5.15. The van der Waals surface area contributed by atoms with Crippen molar-refractivity contribution in [3.63, 3.8) is 0 Å². The fourth-order valence-corrected chi connectivity index (χ4v) is 2.08. The second-order valence-corrected chi connectivity index (χ2v) is 5.74. The van der Waals surface area contributed by atoms with E-state index in [9.17, 15) is 4.39 Å². The Morgan fingerprint density at radius 3 is 2.65 bits per heavy atom. The van der Waals surface area contributed by atoms with Crippen molar-refractivity contribution >= 4 is 15.9 Å². The average molecular weight is 338 g/mol. The summed E-state index contributed by atoms with van der Waals surface area (Å²) in [7, 11) is 0. The van der Waals surface area contributed by atoms with Crippen LogP contribution in [0.3, 0.4) is 0 Å². The van der Waals surface area contributed by atoms with Crippen molar-refractivity contribution < 1.29 is 9.13 Å². The summed E-state index contributed by atoms with van der Waals surface area (Å²) in [5.74, 6) is 0.508. The van der Waals surface area contributed by atoms with Gasteiger partial charge in [0.05, 0.1) is 0 Å². The molecule has 2 aromatic carbocycles. The lowest BCUT2D eigenvalue weighted by molar-refractivity contribution is 0.434. The maximum atomic E-state index is 13.7. The summed E-state index contributed by atoms with van der Waals surface area (Å²) >= 11 is 3.32. The molecule has 2 rings (SSSR count). The first-order valence-electron chi connectivity index (χ1n) is 6.50. The summed E-state index contributed by atoms with van der Waals surface area (Å²) in [6.07, 6.45) is 0. The van der Waals surface area contributed by atoms with Gasteiger partial charge in [-0.3, -0.25) is 0 Å². The van der Waals surface area contributed by atoms with Crippen LogP contribution in [0, 0.1) is 5.82 Å². The highest BCUT2D eigenvalue weighted by molar-refractivity contribution is 9.10. The van der Waals surface area contributed by atoms with Crippen LogP contribution in [0.1, 0.15) is 19.4 Å². The van der Waals surface area contributed by atoms with Gasteiger partial charge in [0, 0.05) is 22.6 Å². The Hall–Kier alpha value is -1.39. The maximum Gasteiger partial charge on any atom is 0.165 e. The van der Waals surface area contributed by atoms with Crippen LogP contribution in [0.25, 0.3) is 0 Å². The lowest BCUT2D eigenvalue weighted by Crippen LogP contribution is -2.22. The fraction of sp³-hybridized carbons (Fsp3) is 0.250. The third-order valence-corrected chi connectivity index (χ3v) is 3.28. The summed E-state index contributed by atoms with van der Waals surface area (Å²) < 4.78 is 20.2. The Morgan fingerprint density at radius 2 is 1.90 bits per heavy atom. The first-order valence-corrected chi connectivity index (χ1v) is 7.30. The monoisotopic (exact) mass is 337 g/mol. The van der Waals surface area contributed by atoms with Crippen LogP contribution in [-0.4, -0.2) is 6.04 Å². The molecule has 0 radical (unpaired) electrons. The Bertz CT molecular complexity index is 586. The standard InChI is InChI=1S/C16H17BrFNO/c1-11(2)19-10-12-5-3-4-6-15(12)20-16-9-13(17)7-8-14(16)18/h3-9,11,19H,10H2,1-2H3. The molecule has 20 heavy (non-hydrogen) atoms. The van der Waals surface area contributed by atoms with E-state index in [-0.39, 0.29) is 11.6 Å². The van der Waals surface area contributed by atoms with Crippen molar-refractivity contribution in [3.05, 3.63) is 58.3 Å². The highest BCUT2D eigenvalue weighted by Crippen LogP contribution is 2.29. The zero-order chi connectivity index (χ0) is 14.5. The molecule has 0 bridgehead atoms. The van der Waals surface area contributed by atoms with E-state index < -0.39 is 0 Å². The normalized spacial score (nSPS) is 10.8. The number of para-hydroxylation sites is 1. The first-order chi connectivity index (χ1) is 9.56. The van der Waals surface area contributed by atoms with E-state index in [2.05, 4.69) is 35.1 Å². The van der Waals surface area contributed by atoms with Crippen LogP contribution >= 0.6 is 15.9 Å². The average Bonchev–Trinajstić information content (AvgIpc) is 2.42. The van der Waals surface area contributed by atoms with Gasteiger partial charge < -0.3 is 10.1 Å². The summed E-state index contributed by atoms with van der Waals surface area (Å²) in [5, 5.41) is 3.33. The molecule has 106 valence electrons. The van der Waals surface area contributed by atoms with Gasteiger partial charge in [0.15, 0.2) is 11.6 Å².